The van der Waals surface area contributed by atoms with Crippen LogP contribution in [0, 0.1) is 0 Å². The standard InChI is InChI=1S/C11H18N4O/c12-8-10-4-1-2-7-15(10)11(16)9-14-6-3-5-13-14/h3,5-6,10H,1-2,4,7-9,12H2. The lowest BCUT2D eigenvalue weighted by Crippen LogP contribution is -2.48. The van der Waals surface area contributed by atoms with Gasteiger partial charge in [0.25, 0.3) is 0 Å². The molecule has 1 aromatic heterocycles. The Morgan fingerprint density at radius 1 is 1.50 bits per heavy atom. The molecule has 1 amide bonds. The minimum Gasteiger partial charge on any atom is -0.337 e. The Morgan fingerprint density at radius 3 is 3.06 bits per heavy atom. The topological polar surface area (TPSA) is 64.2 Å². The van der Waals surface area contributed by atoms with Gasteiger partial charge in [-0.1, -0.05) is 0 Å². The van der Waals surface area contributed by atoms with E-state index in [4.69, 9.17) is 5.73 Å². The van der Waals surface area contributed by atoms with E-state index in [0.717, 1.165) is 19.4 Å². The summed E-state index contributed by atoms with van der Waals surface area (Å²) in [7, 11) is 0. The molecule has 1 aromatic rings. The SMILES string of the molecule is NCC1CCCCN1C(=O)Cn1cccn1. The lowest BCUT2D eigenvalue weighted by Gasteiger charge is -2.35. The number of aromatic nitrogens is 2. The van der Waals surface area contributed by atoms with Gasteiger partial charge in [-0.3, -0.25) is 9.48 Å². The largest absolute Gasteiger partial charge is 0.337 e. The molecular weight excluding hydrogens is 204 g/mol. The number of amides is 1. The normalized spacial score (nSPS) is 21.1. The van der Waals surface area contributed by atoms with Crippen molar-refractivity contribution >= 4 is 5.91 Å². The van der Waals surface area contributed by atoms with Crippen molar-refractivity contribution in [1.82, 2.24) is 14.7 Å². The molecule has 16 heavy (non-hydrogen) atoms. The maximum atomic E-state index is 12.0. The first-order valence-corrected chi connectivity index (χ1v) is 5.78. The maximum Gasteiger partial charge on any atom is 0.244 e. The summed E-state index contributed by atoms with van der Waals surface area (Å²) >= 11 is 0. The molecule has 1 saturated heterocycles. The third-order valence-corrected chi connectivity index (χ3v) is 3.08. The van der Waals surface area contributed by atoms with Gasteiger partial charge in [-0.25, -0.2) is 0 Å². The van der Waals surface area contributed by atoms with Crippen LogP contribution >= 0.6 is 0 Å². The Morgan fingerprint density at radius 2 is 2.38 bits per heavy atom. The highest BCUT2D eigenvalue weighted by Gasteiger charge is 2.25. The van der Waals surface area contributed by atoms with Crippen LogP contribution in [0.4, 0.5) is 0 Å². The highest BCUT2D eigenvalue weighted by molar-refractivity contribution is 5.76. The van der Waals surface area contributed by atoms with Crippen molar-refractivity contribution in [3.05, 3.63) is 18.5 Å². The minimum absolute atomic E-state index is 0.124. The van der Waals surface area contributed by atoms with Crippen LogP contribution in [0.2, 0.25) is 0 Å². The Balaban J connectivity index is 1.97. The number of hydrogen-bond donors (Lipinski definition) is 1. The van der Waals surface area contributed by atoms with Crippen LogP contribution in [-0.2, 0) is 11.3 Å². The number of rotatable bonds is 3. The molecule has 0 spiro atoms. The molecule has 2 heterocycles. The Labute approximate surface area is 95.2 Å². The van der Waals surface area contributed by atoms with Gasteiger partial charge in [0.1, 0.15) is 6.54 Å². The Hall–Kier alpha value is -1.36. The first-order chi connectivity index (χ1) is 7.81. The van der Waals surface area contributed by atoms with Crippen LogP contribution in [0.15, 0.2) is 18.5 Å². The van der Waals surface area contributed by atoms with E-state index in [0.29, 0.717) is 13.1 Å². The molecule has 1 aliphatic rings. The molecular formula is C11H18N4O. The van der Waals surface area contributed by atoms with Gasteiger partial charge < -0.3 is 10.6 Å². The van der Waals surface area contributed by atoms with E-state index in [1.54, 1.807) is 17.1 Å². The summed E-state index contributed by atoms with van der Waals surface area (Å²) in [4.78, 5) is 14.0. The number of piperidine rings is 1. The second-order valence-corrected chi connectivity index (χ2v) is 4.18. The first kappa shape index (κ1) is 11.1. The summed E-state index contributed by atoms with van der Waals surface area (Å²) in [6.07, 6.45) is 6.78. The van der Waals surface area contributed by atoms with E-state index in [1.165, 1.54) is 6.42 Å². The van der Waals surface area contributed by atoms with Gasteiger partial charge in [-0.2, -0.15) is 5.10 Å². The summed E-state index contributed by atoms with van der Waals surface area (Å²) in [5, 5.41) is 4.04. The molecule has 1 aliphatic heterocycles. The van der Waals surface area contributed by atoms with Gasteiger partial charge in [0, 0.05) is 31.5 Å². The van der Waals surface area contributed by atoms with Crippen molar-refractivity contribution in [1.29, 1.82) is 0 Å². The number of likely N-dealkylation sites (tertiary alicyclic amines) is 1. The molecule has 2 rings (SSSR count). The van der Waals surface area contributed by atoms with Crippen molar-refractivity contribution in [2.45, 2.75) is 31.8 Å². The highest BCUT2D eigenvalue weighted by atomic mass is 16.2. The molecule has 0 radical (unpaired) electrons. The molecule has 0 saturated carbocycles. The van der Waals surface area contributed by atoms with E-state index in [2.05, 4.69) is 5.10 Å². The minimum atomic E-state index is 0.124. The fraction of sp³-hybridized carbons (Fsp3) is 0.636. The zero-order chi connectivity index (χ0) is 11.4. The molecule has 0 bridgehead atoms. The van der Waals surface area contributed by atoms with Crippen molar-refractivity contribution in [2.75, 3.05) is 13.1 Å². The number of nitrogens with zero attached hydrogens (tertiary/aromatic N) is 3. The van der Waals surface area contributed by atoms with E-state index in [9.17, 15) is 4.79 Å². The van der Waals surface area contributed by atoms with Crippen LogP contribution in [-0.4, -0.2) is 39.7 Å². The zero-order valence-corrected chi connectivity index (χ0v) is 9.38. The molecule has 1 unspecified atom stereocenters. The van der Waals surface area contributed by atoms with Crippen molar-refractivity contribution in [2.24, 2.45) is 5.73 Å². The fourth-order valence-electron chi connectivity index (χ4n) is 2.20. The van der Waals surface area contributed by atoms with Gasteiger partial charge in [0.15, 0.2) is 0 Å². The summed E-state index contributed by atoms with van der Waals surface area (Å²) in [6.45, 7) is 1.72. The van der Waals surface area contributed by atoms with E-state index < -0.39 is 0 Å². The summed E-state index contributed by atoms with van der Waals surface area (Å²) in [6, 6.07) is 2.04. The lowest BCUT2D eigenvalue weighted by molar-refractivity contribution is -0.135. The van der Waals surface area contributed by atoms with Gasteiger partial charge in [0.05, 0.1) is 0 Å². The van der Waals surface area contributed by atoms with Crippen LogP contribution < -0.4 is 5.73 Å². The molecule has 1 atom stereocenters. The average Bonchev–Trinajstić information content (AvgIpc) is 2.81. The summed E-state index contributed by atoms with van der Waals surface area (Å²) in [5.74, 6) is 0.124. The second kappa shape index (κ2) is 5.12. The van der Waals surface area contributed by atoms with Crippen molar-refractivity contribution in [3.8, 4) is 0 Å². The molecule has 0 aliphatic carbocycles. The quantitative estimate of drug-likeness (QED) is 0.796. The summed E-state index contributed by atoms with van der Waals surface area (Å²) < 4.78 is 1.66. The third-order valence-electron chi connectivity index (χ3n) is 3.08. The van der Waals surface area contributed by atoms with Crippen molar-refractivity contribution in [3.63, 3.8) is 0 Å². The number of carbonyl (C=O) groups excluding carboxylic acids is 1. The lowest BCUT2D eigenvalue weighted by atomic mass is 10.0. The number of carbonyl (C=O) groups is 1. The zero-order valence-electron chi connectivity index (χ0n) is 9.38. The van der Waals surface area contributed by atoms with Gasteiger partial charge in [0.2, 0.25) is 5.91 Å². The second-order valence-electron chi connectivity index (χ2n) is 4.18. The van der Waals surface area contributed by atoms with E-state index >= 15 is 0 Å². The smallest absolute Gasteiger partial charge is 0.244 e. The predicted octanol–water partition coefficient (Wildman–Crippen LogP) is 0.223. The average molecular weight is 222 g/mol. The van der Waals surface area contributed by atoms with Crippen LogP contribution in [0.25, 0.3) is 0 Å². The van der Waals surface area contributed by atoms with Crippen LogP contribution in [0.3, 0.4) is 0 Å². The van der Waals surface area contributed by atoms with Gasteiger partial charge >= 0.3 is 0 Å². The van der Waals surface area contributed by atoms with Crippen molar-refractivity contribution < 1.29 is 4.79 Å². The number of nitrogens with two attached hydrogens (primary N) is 1. The Kier molecular flexibility index (Phi) is 3.56. The highest BCUT2D eigenvalue weighted by Crippen LogP contribution is 2.16. The van der Waals surface area contributed by atoms with E-state index in [-0.39, 0.29) is 11.9 Å². The molecule has 1 fully saturated rings. The molecule has 5 heteroatoms. The predicted molar refractivity (Wildman–Crippen MR) is 60.6 cm³/mol. The Bertz CT molecular complexity index is 336. The van der Waals surface area contributed by atoms with Gasteiger partial charge in [-0.15, -0.1) is 0 Å². The monoisotopic (exact) mass is 222 g/mol. The molecule has 5 nitrogen and oxygen atoms in total. The first-order valence-electron chi connectivity index (χ1n) is 5.78. The van der Waals surface area contributed by atoms with Gasteiger partial charge in [-0.05, 0) is 25.3 Å². The number of hydrogen-bond acceptors (Lipinski definition) is 3. The van der Waals surface area contributed by atoms with E-state index in [1.807, 2.05) is 11.0 Å². The maximum absolute atomic E-state index is 12.0. The van der Waals surface area contributed by atoms with Crippen LogP contribution in [0.1, 0.15) is 19.3 Å². The molecule has 0 aromatic carbocycles. The summed E-state index contributed by atoms with van der Waals surface area (Å²) in [5.41, 5.74) is 5.69. The van der Waals surface area contributed by atoms with Crippen LogP contribution in [0.5, 0.6) is 0 Å². The molecule has 2 N–H and O–H groups in total. The molecule has 88 valence electrons. The third kappa shape index (κ3) is 2.41. The fourth-order valence-corrected chi connectivity index (χ4v) is 2.20.